The van der Waals surface area contributed by atoms with Crippen LogP contribution in [0, 0.1) is 6.92 Å². The van der Waals surface area contributed by atoms with Gasteiger partial charge in [-0.1, -0.05) is 48.0 Å². The summed E-state index contributed by atoms with van der Waals surface area (Å²) in [5.74, 6) is 0.335. The normalized spacial score (nSPS) is 12.7. The summed E-state index contributed by atoms with van der Waals surface area (Å²) in [5, 5.41) is 10.4. The largest absolute Gasteiger partial charge is 0.507 e. The Morgan fingerprint density at radius 2 is 1.64 bits per heavy atom. The fourth-order valence-corrected chi connectivity index (χ4v) is 3.14. The van der Waals surface area contributed by atoms with Gasteiger partial charge < -0.3 is 10.0 Å². The zero-order valence-electron chi connectivity index (χ0n) is 12.5. The summed E-state index contributed by atoms with van der Waals surface area (Å²) in [5.41, 5.74) is 6.73. The fraction of sp³-hybridized carbons (Fsp3) is 0.100. The van der Waals surface area contributed by atoms with Crippen LogP contribution in [0.5, 0.6) is 5.75 Å². The minimum absolute atomic E-state index is 0.335. The molecule has 3 aromatic rings. The molecule has 0 amide bonds. The summed E-state index contributed by atoms with van der Waals surface area (Å²) < 4.78 is 0. The van der Waals surface area contributed by atoms with Crippen molar-refractivity contribution < 1.29 is 5.11 Å². The lowest BCUT2D eigenvalue weighted by Gasteiger charge is -2.33. The number of aryl methyl sites for hydroxylation is 1. The molecule has 0 spiro atoms. The Kier molecular flexibility index (Phi) is 2.90. The summed E-state index contributed by atoms with van der Waals surface area (Å²) >= 11 is 0. The van der Waals surface area contributed by atoms with Crippen molar-refractivity contribution in [1.82, 2.24) is 0 Å². The highest BCUT2D eigenvalue weighted by molar-refractivity contribution is 5.90. The maximum absolute atomic E-state index is 10.4. The molecule has 3 aromatic carbocycles. The minimum atomic E-state index is 0.335. The number of aromatic hydroxyl groups is 1. The van der Waals surface area contributed by atoms with E-state index in [2.05, 4.69) is 60.4 Å². The SMILES string of the molecule is Cc1ccc(N2Cc3ccccc3-c3c(O)cccc32)cc1. The van der Waals surface area contributed by atoms with Gasteiger partial charge in [0.15, 0.2) is 0 Å². The number of rotatable bonds is 1. The molecule has 2 nitrogen and oxygen atoms in total. The van der Waals surface area contributed by atoms with Crippen LogP contribution in [0.4, 0.5) is 11.4 Å². The van der Waals surface area contributed by atoms with Crippen molar-refractivity contribution >= 4 is 11.4 Å². The fourth-order valence-electron chi connectivity index (χ4n) is 3.14. The lowest BCUT2D eigenvalue weighted by Crippen LogP contribution is -2.21. The van der Waals surface area contributed by atoms with E-state index in [0.29, 0.717) is 5.75 Å². The molecule has 0 saturated carbocycles. The minimum Gasteiger partial charge on any atom is -0.507 e. The number of anilines is 2. The monoisotopic (exact) mass is 287 g/mol. The molecule has 1 aliphatic heterocycles. The summed E-state index contributed by atoms with van der Waals surface area (Å²) in [6.07, 6.45) is 0. The molecule has 0 saturated heterocycles. The molecule has 1 heterocycles. The molecule has 4 rings (SSSR count). The predicted molar refractivity (Wildman–Crippen MR) is 90.6 cm³/mol. The van der Waals surface area contributed by atoms with Crippen molar-refractivity contribution in [2.75, 3.05) is 4.90 Å². The van der Waals surface area contributed by atoms with Crippen molar-refractivity contribution in [2.24, 2.45) is 0 Å². The second kappa shape index (κ2) is 4.92. The Bertz CT molecular complexity index is 837. The topological polar surface area (TPSA) is 23.5 Å². The molecule has 1 aliphatic rings. The highest BCUT2D eigenvalue weighted by Crippen LogP contribution is 2.46. The Morgan fingerprint density at radius 1 is 0.864 bits per heavy atom. The van der Waals surface area contributed by atoms with Crippen molar-refractivity contribution in [3.05, 3.63) is 77.9 Å². The summed E-state index contributed by atoms with van der Waals surface area (Å²) in [6, 6.07) is 22.5. The first-order valence-corrected chi connectivity index (χ1v) is 7.48. The third-order valence-electron chi connectivity index (χ3n) is 4.27. The van der Waals surface area contributed by atoms with Gasteiger partial charge in [0.25, 0.3) is 0 Å². The Labute approximate surface area is 130 Å². The Balaban J connectivity index is 1.94. The van der Waals surface area contributed by atoms with Crippen LogP contribution in [0.25, 0.3) is 11.1 Å². The zero-order chi connectivity index (χ0) is 15.1. The van der Waals surface area contributed by atoms with Gasteiger partial charge in [-0.05, 0) is 42.3 Å². The lowest BCUT2D eigenvalue weighted by molar-refractivity contribution is 0.477. The maximum Gasteiger partial charge on any atom is 0.125 e. The Morgan fingerprint density at radius 3 is 2.45 bits per heavy atom. The highest BCUT2D eigenvalue weighted by atomic mass is 16.3. The molecule has 0 aliphatic carbocycles. The van der Waals surface area contributed by atoms with Gasteiger partial charge in [-0.15, -0.1) is 0 Å². The van der Waals surface area contributed by atoms with E-state index < -0.39 is 0 Å². The molecule has 0 bridgehead atoms. The van der Waals surface area contributed by atoms with Gasteiger partial charge >= 0.3 is 0 Å². The summed E-state index contributed by atoms with van der Waals surface area (Å²) in [4.78, 5) is 2.26. The van der Waals surface area contributed by atoms with Gasteiger partial charge in [-0.2, -0.15) is 0 Å². The molecular formula is C20H17NO. The first kappa shape index (κ1) is 13.0. The van der Waals surface area contributed by atoms with E-state index in [1.165, 1.54) is 11.1 Å². The van der Waals surface area contributed by atoms with Gasteiger partial charge in [0.1, 0.15) is 5.75 Å². The lowest BCUT2D eigenvalue weighted by atomic mass is 9.92. The number of hydrogen-bond donors (Lipinski definition) is 1. The molecule has 108 valence electrons. The standard InChI is InChI=1S/C20H17NO/c1-14-9-11-16(12-10-14)21-13-15-5-2-3-6-17(15)20-18(21)7-4-8-19(20)22/h2-12,22H,13H2,1H3. The number of phenolic OH excluding ortho intramolecular Hbond substituents is 1. The van der Waals surface area contributed by atoms with Crippen LogP contribution in [-0.2, 0) is 6.54 Å². The first-order valence-electron chi connectivity index (χ1n) is 7.48. The zero-order valence-corrected chi connectivity index (χ0v) is 12.5. The van der Waals surface area contributed by atoms with Gasteiger partial charge in [0.05, 0.1) is 5.69 Å². The number of benzene rings is 3. The van der Waals surface area contributed by atoms with Crippen LogP contribution in [0.3, 0.4) is 0 Å². The second-order valence-corrected chi connectivity index (χ2v) is 5.75. The smallest absolute Gasteiger partial charge is 0.125 e. The van der Waals surface area contributed by atoms with Crippen LogP contribution in [0.1, 0.15) is 11.1 Å². The van der Waals surface area contributed by atoms with Crippen LogP contribution in [0.2, 0.25) is 0 Å². The molecule has 1 N–H and O–H groups in total. The van der Waals surface area contributed by atoms with E-state index in [-0.39, 0.29) is 0 Å². The molecule has 0 fully saturated rings. The van der Waals surface area contributed by atoms with Crippen LogP contribution >= 0.6 is 0 Å². The van der Waals surface area contributed by atoms with Crippen LogP contribution < -0.4 is 4.90 Å². The first-order chi connectivity index (χ1) is 10.7. The van der Waals surface area contributed by atoms with Crippen molar-refractivity contribution in [1.29, 1.82) is 0 Å². The van der Waals surface area contributed by atoms with Crippen LogP contribution in [-0.4, -0.2) is 5.11 Å². The third kappa shape index (κ3) is 1.96. The molecule has 22 heavy (non-hydrogen) atoms. The predicted octanol–water partition coefficient (Wildman–Crippen LogP) is 5.02. The van der Waals surface area contributed by atoms with Gasteiger partial charge in [-0.3, -0.25) is 0 Å². The Hall–Kier alpha value is -2.74. The van der Waals surface area contributed by atoms with Crippen molar-refractivity contribution in [2.45, 2.75) is 13.5 Å². The van der Waals surface area contributed by atoms with E-state index in [4.69, 9.17) is 0 Å². The quantitative estimate of drug-likeness (QED) is 0.679. The van der Waals surface area contributed by atoms with Crippen LogP contribution in [0.15, 0.2) is 66.7 Å². The molecule has 0 aromatic heterocycles. The van der Waals surface area contributed by atoms with Gasteiger partial charge in [0.2, 0.25) is 0 Å². The summed E-state index contributed by atoms with van der Waals surface area (Å²) in [7, 11) is 0. The number of phenols is 1. The maximum atomic E-state index is 10.4. The average molecular weight is 287 g/mol. The second-order valence-electron chi connectivity index (χ2n) is 5.75. The number of hydrogen-bond acceptors (Lipinski definition) is 2. The van der Waals surface area contributed by atoms with Crippen molar-refractivity contribution in [3.8, 4) is 16.9 Å². The van der Waals surface area contributed by atoms with Gasteiger partial charge in [-0.25, -0.2) is 0 Å². The van der Waals surface area contributed by atoms with E-state index >= 15 is 0 Å². The number of nitrogens with zero attached hydrogens (tertiary/aromatic N) is 1. The summed E-state index contributed by atoms with van der Waals surface area (Å²) in [6.45, 7) is 2.91. The number of fused-ring (bicyclic) bond motifs is 3. The third-order valence-corrected chi connectivity index (χ3v) is 4.27. The molecular weight excluding hydrogens is 270 g/mol. The molecule has 0 unspecified atom stereocenters. The molecule has 0 atom stereocenters. The molecule has 0 radical (unpaired) electrons. The van der Waals surface area contributed by atoms with E-state index in [1.807, 2.05) is 12.1 Å². The molecule has 2 heteroatoms. The average Bonchev–Trinajstić information content (AvgIpc) is 2.55. The van der Waals surface area contributed by atoms with Crippen molar-refractivity contribution in [3.63, 3.8) is 0 Å². The van der Waals surface area contributed by atoms with E-state index in [9.17, 15) is 5.11 Å². The highest BCUT2D eigenvalue weighted by Gasteiger charge is 2.24. The van der Waals surface area contributed by atoms with E-state index in [0.717, 1.165) is 29.0 Å². The van der Waals surface area contributed by atoms with Gasteiger partial charge in [0, 0.05) is 17.8 Å². The van der Waals surface area contributed by atoms with E-state index in [1.54, 1.807) is 6.07 Å².